The Morgan fingerprint density at radius 2 is 0.333 bits per heavy atom. The van der Waals surface area contributed by atoms with Crippen LogP contribution in [0.5, 0.6) is 0 Å². The standard InChI is InChI=1S/C30H18S6/c1-2-20-8-14-27(32-20)28-16-10-22(34-28)5-6-24-12-18-30(36-24)29-17-11-23(35-29)4-3-21-9-15-26(33-21)25-13-7-19(1)31-25/h1-18H. The van der Waals surface area contributed by atoms with Gasteiger partial charge in [-0.25, -0.2) is 0 Å². The second-order valence-corrected chi connectivity index (χ2v) is 14.9. The van der Waals surface area contributed by atoms with Gasteiger partial charge in [-0.1, -0.05) is 0 Å². The first-order valence-corrected chi connectivity index (χ1v) is 16.3. The van der Waals surface area contributed by atoms with Crippen molar-refractivity contribution < 1.29 is 0 Å². The Balaban J connectivity index is 1.46. The van der Waals surface area contributed by atoms with Crippen molar-refractivity contribution in [3.63, 3.8) is 0 Å². The van der Waals surface area contributed by atoms with Crippen LogP contribution in [-0.2, 0) is 0 Å². The van der Waals surface area contributed by atoms with Crippen molar-refractivity contribution in [3.8, 4) is 0 Å². The van der Waals surface area contributed by atoms with Gasteiger partial charge in [0.2, 0.25) is 0 Å². The molecule has 0 radical (unpaired) electrons. The molecule has 0 spiro atoms. The zero-order chi connectivity index (χ0) is 23.9. The zero-order valence-corrected chi connectivity index (χ0v) is 23.7. The van der Waals surface area contributed by atoms with Gasteiger partial charge >= 0.3 is 0 Å². The Morgan fingerprint density at radius 3 is 0.500 bits per heavy atom. The molecule has 7 heterocycles. The molecule has 0 unspecified atom stereocenters. The molecule has 0 fully saturated rings. The van der Waals surface area contributed by atoms with Gasteiger partial charge in [0.05, 0.1) is 0 Å². The third-order valence-corrected chi connectivity index (χ3v) is 12.6. The molecule has 0 amide bonds. The topological polar surface area (TPSA) is 0 Å². The highest BCUT2D eigenvalue weighted by atomic mass is 32.1. The molecule has 0 nitrogen and oxygen atoms in total. The Hall–Kier alpha value is -2.58. The highest BCUT2D eigenvalue weighted by Crippen LogP contribution is 2.32. The maximum atomic E-state index is 2.24. The lowest BCUT2D eigenvalue weighted by molar-refractivity contribution is 2.00. The highest BCUT2D eigenvalue weighted by molar-refractivity contribution is 7.32. The molecule has 7 aromatic heterocycles. The molecule has 174 valence electrons. The van der Waals surface area contributed by atoms with E-state index in [-0.39, 0.29) is 0 Å². The predicted molar refractivity (Wildman–Crippen MR) is 172 cm³/mol. The first-order chi connectivity index (χ1) is 17.7. The molecule has 7 rings (SSSR count). The van der Waals surface area contributed by atoms with E-state index in [0.29, 0.717) is 0 Å². The van der Waals surface area contributed by atoms with Crippen LogP contribution in [0.25, 0.3) is 56.4 Å². The summed E-state index contributed by atoms with van der Waals surface area (Å²) in [5.74, 6) is 0. The number of hydrogen-bond acceptors (Lipinski definition) is 6. The Labute approximate surface area is 231 Å². The van der Waals surface area contributed by atoms with Crippen LogP contribution in [0.15, 0.2) is 109 Å². The summed E-state index contributed by atoms with van der Waals surface area (Å²) in [5.41, 5.74) is 0. The Bertz CT molecular complexity index is 1680. The molecule has 0 aliphatic rings. The van der Waals surface area contributed by atoms with Gasteiger partial charge in [-0.15, -0.1) is 68.0 Å². The summed E-state index contributed by atoms with van der Waals surface area (Å²) in [4.78, 5) is 0. The van der Waals surface area contributed by atoms with E-state index in [1.807, 2.05) is 68.0 Å². The summed E-state index contributed by atoms with van der Waals surface area (Å²) in [5, 5.41) is 0. The molecule has 0 saturated carbocycles. The van der Waals surface area contributed by atoms with Gasteiger partial charge < -0.3 is 0 Å². The minimum absolute atomic E-state index is 1.28. The van der Waals surface area contributed by atoms with Crippen molar-refractivity contribution in [2.24, 2.45) is 0 Å². The van der Waals surface area contributed by atoms with Gasteiger partial charge in [0.25, 0.3) is 0 Å². The number of fused-ring (bicyclic) bond motifs is 15. The minimum Gasteiger partial charge on any atom is -0.135 e. The molecule has 0 atom stereocenters. The van der Waals surface area contributed by atoms with Crippen LogP contribution in [-0.4, -0.2) is 0 Å². The van der Waals surface area contributed by atoms with Crippen molar-refractivity contribution in [2.75, 3.05) is 0 Å². The molecule has 0 aromatic carbocycles. The summed E-state index contributed by atoms with van der Waals surface area (Å²) in [6.07, 6.45) is 0. The van der Waals surface area contributed by atoms with Crippen LogP contribution < -0.4 is 0 Å². The Kier molecular flexibility index (Phi) is 6.10. The normalized spacial score (nSPS) is 11.3. The van der Waals surface area contributed by atoms with E-state index in [0.717, 1.165) is 0 Å². The summed E-state index contributed by atoms with van der Waals surface area (Å²) < 4.78 is 15.7. The van der Waals surface area contributed by atoms with Gasteiger partial charge in [0.1, 0.15) is 0 Å². The smallest absolute Gasteiger partial charge is 0.0449 e. The molecule has 36 heavy (non-hydrogen) atoms. The zero-order valence-electron chi connectivity index (χ0n) is 18.8. The fourth-order valence-electron chi connectivity index (χ4n) is 3.94. The highest BCUT2D eigenvalue weighted by Gasteiger charge is 1.98. The van der Waals surface area contributed by atoms with Crippen LogP contribution in [0.4, 0.5) is 0 Å². The number of hydrogen-bond donors (Lipinski definition) is 0. The summed E-state index contributed by atoms with van der Waals surface area (Å²) in [6, 6.07) is 40.2. The van der Waals surface area contributed by atoms with Crippen LogP contribution in [0.3, 0.4) is 0 Å². The fraction of sp³-hybridized carbons (Fsp3) is 0. The van der Waals surface area contributed by atoms with Gasteiger partial charge in [-0.05, 0) is 109 Å². The van der Waals surface area contributed by atoms with E-state index in [9.17, 15) is 0 Å². The summed E-state index contributed by atoms with van der Waals surface area (Å²) >= 11 is 11.1. The van der Waals surface area contributed by atoms with Crippen molar-refractivity contribution in [1.82, 2.24) is 0 Å². The molecular formula is C30H18S6. The predicted octanol–water partition coefficient (Wildman–Crippen LogP) is 12.3. The molecule has 0 saturated heterocycles. The summed E-state index contributed by atoms with van der Waals surface area (Å²) in [6.45, 7) is 0. The molecule has 0 aliphatic carbocycles. The second kappa shape index (κ2) is 9.71. The van der Waals surface area contributed by atoms with Crippen molar-refractivity contribution in [2.45, 2.75) is 0 Å². The first kappa shape index (κ1) is 22.6. The lowest BCUT2D eigenvalue weighted by atomic mass is 10.4. The van der Waals surface area contributed by atoms with E-state index in [4.69, 9.17) is 0 Å². The second-order valence-electron chi connectivity index (χ2n) is 8.21. The molecule has 6 heteroatoms. The van der Waals surface area contributed by atoms with E-state index < -0.39 is 0 Å². The average molecular weight is 571 g/mol. The van der Waals surface area contributed by atoms with Gasteiger partial charge in [-0.3, -0.25) is 0 Å². The fourth-order valence-corrected chi connectivity index (χ4v) is 9.68. The SMILES string of the molecule is c1cc2ccc(s2)c2ccc(ccc3ccc(s3)c3ccc(ccc4ccc(s4)c4ccc1s4)s3)s2. The monoisotopic (exact) mass is 570 g/mol. The third-order valence-electron chi connectivity index (χ3n) is 5.72. The molecular weight excluding hydrogens is 553 g/mol. The maximum absolute atomic E-state index is 2.24. The number of rotatable bonds is 0. The van der Waals surface area contributed by atoms with Crippen molar-refractivity contribution in [3.05, 3.63) is 109 Å². The lowest BCUT2D eigenvalue weighted by Gasteiger charge is -1.79. The van der Waals surface area contributed by atoms with Gasteiger partial charge in [0, 0.05) is 56.4 Å². The van der Waals surface area contributed by atoms with Gasteiger partial charge in [0.15, 0.2) is 0 Å². The molecule has 0 N–H and O–H groups in total. The van der Waals surface area contributed by atoms with Crippen molar-refractivity contribution >= 4 is 124 Å². The van der Waals surface area contributed by atoms with E-state index in [1.165, 1.54) is 56.4 Å². The van der Waals surface area contributed by atoms with Crippen LogP contribution in [0.2, 0.25) is 0 Å². The van der Waals surface area contributed by atoms with Crippen LogP contribution in [0, 0.1) is 0 Å². The number of thiophene rings is 6. The van der Waals surface area contributed by atoms with Crippen LogP contribution >= 0.6 is 68.0 Å². The summed E-state index contributed by atoms with van der Waals surface area (Å²) in [7, 11) is 0. The van der Waals surface area contributed by atoms with E-state index in [2.05, 4.69) is 109 Å². The first-order valence-electron chi connectivity index (χ1n) is 11.4. The molecule has 0 aliphatic heterocycles. The average Bonchev–Trinajstić information content (AvgIpc) is 3.71. The molecule has 12 bridgehead atoms. The molecule has 7 aromatic rings. The van der Waals surface area contributed by atoms with Crippen molar-refractivity contribution in [1.29, 1.82) is 0 Å². The minimum atomic E-state index is 1.28. The maximum Gasteiger partial charge on any atom is 0.0449 e. The van der Waals surface area contributed by atoms with E-state index in [1.54, 1.807) is 0 Å². The van der Waals surface area contributed by atoms with E-state index >= 15 is 0 Å². The Morgan fingerprint density at radius 1 is 0.194 bits per heavy atom. The third kappa shape index (κ3) is 4.73. The lowest BCUT2D eigenvalue weighted by Crippen LogP contribution is -1.45. The van der Waals surface area contributed by atoms with Crippen LogP contribution in [0.1, 0.15) is 0 Å². The largest absolute Gasteiger partial charge is 0.135 e. The quantitative estimate of drug-likeness (QED) is 0.170. The van der Waals surface area contributed by atoms with Gasteiger partial charge in [-0.2, -0.15) is 0 Å².